The molecule has 0 spiro atoms. The van der Waals surface area contributed by atoms with E-state index < -0.39 is 12.2 Å². The number of hydrogen-bond donors (Lipinski definition) is 0. The summed E-state index contributed by atoms with van der Waals surface area (Å²) < 4.78 is 30.4. The summed E-state index contributed by atoms with van der Waals surface area (Å²) in [6.07, 6.45) is -2.71. The lowest BCUT2D eigenvalue weighted by Crippen LogP contribution is -2.06. The van der Waals surface area contributed by atoms with Crippen LogP contribution in [0.1, 0.15) is 28.8 Å². The molecule has 0 fully saturated rings. The zero-order chi connectivity index (χ0) is 12.1. The summed E-state index contributed by atoms with van der Waals surface area (Å²) in [5.74, 6) is -0.266. The lowest BCUT2D eigenvalue weighted by molar-refractivity contribution is 0.0973. The van der Waals surface area contributed by atoms with Crippen LogP contribution in [0.4, 0.5) is 8.78 Å². The third-order valence-electron chi connectivity index (χ3n) is 2.13. The molecule has 0 amide bonds. The number of ether oxygens (including phenoxy) is 1. The van der Waals surface area contributed by atoms with E-state index in [4.69, 9.17) is 16.3 Å². The first-order chi connectivity index (χ1) is 7.61. The van der Waals surface area contributed by atoms with E-state index in [1.807, 2.05) is 0 Å². The van der Waals surface area contributed by atoms with Crippen molar-refractivity contribution in [3.8, 4) is 5.75 Å². The molecule has 0 N–H and O–H groups in total. The topological polar surface area (TPSA) is 26.3 Å². The normalized spacial score (nSPS) is 10.6. The van der Waals surface area contributed by atoms with Gasteiger partial charge in [-0.25, -0.2) is 8.78 Å². The van der Waals surface area contributed by atoms with E-state index >= 15 is 0 Å². The third-order valence-corrected chi connectivity index (χ3v) is 2.32. The zero-order valence-electron chi connectivity index (χ0n) is 8.67. The lowest BCUT2D eigenvalue weighted by atomic mass is 10.0. The number of carbonyl (C=O) groups excluding carboxylic acids is 1. The molecule has 0 bridgehead atoms. The van der Waals surface area contributed by atoms with Gasteiger partial charge < -0.3 is 4.74 Å². The van der Waals surface area contributed by atoms with Crippen molar-refractivity contribution in [1.82, 2.24) is 0 Å². The van der Waals surface area contributed by atoms with Crippen molar-refractivity contribution in [3.05, 3.63) is 29.3 Å². The summed E-state index contributed by atoms with van der Waals surface area (Å²) in [5, 5.41) is 0. The largest absolute Gasteiger partial charge is 0.496 e. The standard InChI is InChI=1S/C11H11ClF2O2/c1-16-9-4-2-3-7(8(15)5-6-12)10(9)11(13)14/h2-4,11H,5-6H2,1H3. The molecule has 0 aromatic heterocycles. The molecule has 5 heteroatoms. The van der Waals surface area contributed by atoms with Gasteiger partial charge in [0.05, 0.1) is 12.7 Å². The van der Waals surface area contributed by atoms with Crippen LogP contribution in [0.15, 0.2) is 18.2 Å². The van der Waals surface area contributed by atoms with Crippen molar-refractivity contribution in [3.63, 3.8) is 0 Å². The Morgan fingerprint density at radius 1 is 1.50 bits per heavy atom. The van der Waals surface area contributed by atoms with E-state index in [-0.39, 0.29) is 29.2 Å². The molecule has 1 rings (SSSR count). The molecule has 0 radical (unpaired) electrons. The highest BCUT2D eigenvalue weighted by Crippen LogP contribution is 2.32. The average Bonchev–Trinajstić information content (AvgIpc) is 2.28. The maximum Gasteiger partial charge on any atom is 0.268 e. The summed E-state index contributed by atoms with van der Waals surface area (Å²) in [6, 6.07) is 4.27. The maximum atomic E-state index is 12.8. The molecule has 0 aliphatic rings. The molecule has 0 aliphatic carbocycles. The van der Waals surface area contributed by atoms with Gasteiger partial charge in [-0.05, 0) is 6.07 Å². The molecule has 0 heterocycles. The van der Waals surface area contributed by atoms with Crippen LogP contribution < -0.4 is 4.74 Å². The molecule has 1 aromatic carbocycles. The minimum Gasteiger partial charge on any atom is -0.496 e. The number of rotatable bonds is 5. The van der Waals surface area contributed by atoms with Crippen LogP contribution in [0.25, 0.3) is 0 Å². The first-order valence-corrected chi connectivity index (χ1v) is 5.19. The lowest BCUT2D eigenvalue weighted by Gasteiger charge is -2.11. The van der Waals surface area contributed by atoms with E-state index in [9.17, 15) is 13.6 Å². The van der Waals surface area contributed by atoms with Crippen molar-refractivity contribution in [1.29, 1.82) is 0 Å². The molecular formula is C11H11ClF2O2. The van der Waals surface area contributed by atoms with E-state index in [1.165, 1.54) is 25.3 Å². The van der Waals surface area contributed by atoms with E-state index in [2.05, 4.69) is 0 Å². The fourth-order valence-corrected chi connectivity index (χ4v) is 1.58. The van der Waals surface area contributed by atoms with Crippen LogP contribution in [-0.2, 0) is 0 Å². The fourth-order valence-electron chi connectivity index (χ4n) is 1.41. The highest BCUT2D eigenvalue weighted by Gasteiger charge is 2.22. The minimum atomic E-state index is -2.74. The van der Waals surface area contributed by atoms with Crippen LogP contribution in [0.5, 0.6) is 5.75 Å². The zero-order valence-corrected chi connectivity index (χ0v) is 9.43. The smallest absolute Gasteiger partial charge is 0.268 e. The molecule has 0 atom stereocenters. The van der Waals surface area contributed by atoms with Crippen molar-refractivity contribution < 1.29 is 18.3 Å². The second kappa shape index (κ2) is 5.80. The van der Waals surface area contributed by atoms with E-state index in [1.54, 1.807) is 0 Å². The predicted octanol–water partition coefficient (Wildman–Crippen LogP) is 3.44. The van der Waals surface area contributed by atoms with Crippen molar-refractivity contribution >= 4 is 17.4 Å². The van der Waals surface area contributed by atoms with Crippen LogP contribution in [0.2, 0.25) is 0 Å². The minimum absolute atomic E-state index is 0.0185. The summed E-state index contributed by atoms with van der Waals surface area (Å²) in [7, 11) is 1.29. The Morgan fingerprint density at radius 3 is 2.69 bits per heavy atom. The maximum absolute atomic E-state index is 12.8. The van der Waals surface area contributed by atoms with Gasteiger partial charge in [-0.1, -0.05) is 12.1 Å². The molecule has 2 nitrogen and oxygen atoms in total. The molecule has 0 aliphatic heterocycles. The van der Waals surface area contributed by atoms with Gasteiger partial charge in [-0.3, -0.25) is 4.79 Å². The summed E-state index contributed by atoms with van der Waals surface area (Å²) >= 11 is 5.41. The van der Waals surface area contributed by atoms with Gasteiger partial charge in [0.25, 0.3) is 6.43 Å². The first kappa shape index (κ1) is 12.9. The summed E-state index contributed by atoms with van der Waals surface area (Å²) in [6.45, 7) is 0. The Bertz CT molecular complexity index is 380. The number of hydrogen-bond acceptors (Lipinski definition) is 2. The van der Waals surface area contributed by atoms with Gasteiger partial charge in [0.15, 0.2) is 5.78 Å². The number of Topliss-reactive ketones (excluding diaryl/α,β-unsaturated/α-hetero) is 1. The van der Waals surface area contributed by atoms with Crippen LogP contribution in [0, 0.1) is 0 Å². The number of alkyl halides is 3. The van der Waals surface area contributed by atoms with Crippen LogP contribution in [-0.4, -0.2) is 18.8 Å². The van der Waals surface area contributed by atoms with Gasteiger partial charge in [0, 0.05) is 17.9 Å². The number of halogens is 3. The average molecular weight is 249 g/mol. The van der Waals surface area contributed by atoms with Crippen molar-refractivity contribution in [2.45, 2.75) is 12.8 Å². The molecule has 88 valence electrons. The van der Waals surface area contributed by atoms with Gasteiger partial charge in [-0.15, -0.1) is 11.6 Å². The second-order valence-corrected chi connectivity index (χ2v) is 3.46. The molecular weight excluding hydrogens is 238 g/mol. The van der Waals surface area contributed by atoms with E-state index in [0.717, 1.165) is 0 Å². The van der Waals surface area contributed by atoms with Crippen molar-refractivity contribution in [2.75, 3.05) is 13.0 Å². The third kappa shape index (κ3) is 2.70. The molecule has 0 saturated carbocycles. The van der Waals surface area contributed by atoms with Gasteiger partial charge >= 0.3 is 0 Å². The molecule has 1 aromatic rings. The summed E-state index contributed by atoms with van der Waals surface area (Å²) in [4.78, 5) is 11.6. The fraction of sp³-hybridized carbons (Fsp3) is 0.364. The van der Waals surface area contributed by atoms with E-state index in [0.29, 0.717) is 0 Å². The molecule has 0 saturated heterocycles. The Balaban J connectivity index is 3.22. The predicted molar refractivity (Wildman–Crippen MR) is 57.6 cm³/mol. The second-order valence-electron chi connectivity index (χ2n) is 3.08. The van der Waals surface area contributed by atoms with Crippen LogP contribution >= 0.6 is 11.6 Å². The number of carbonyl (C=O) groups is 1. The quantitative estimate of drug-likeness (QED) is 0.589. The number of benzene rings is 1. The monoisotopic (exact) mass is 248 g/mol. The van der Waals surface area contributed by atoms with Gasteiger partial charge in [0.1, 0.15) is 5.75 Å². The molecule has 16 heavy (non-hydrogen) atoms. The van der Waals surface area contributed by atoms with Gasteiger partial charge in [-0.2, -0.15) is 0 Å². The number of ketones is 1. The Labute approximate surface area is 97.2 Å². The van der Waals surface area contributed by atoms with Crippen molar-refractivity contribution in [2.24, 2.45) is 0 Å². The van der Waals surface area contributed by atoms with Crippen LogP contribution in [0.3, 0.4) is 0 Å². The Morgan fingerprint density at radius 2 is 2.19 bits per heavy atom. The van der Waals surface area contributed by atoms with Gasteiger partial charge in [0.2, 0.25) is 0 Å². The SMILES string of the molecule is COc1cccc(C(=O)CCCl)c1C(F)F. The highest BCUT2D eigenvalue weighted by atomic mass is 35.5. The number of methoxy groups -OCH3 is 1. The summed E-state index contributed by atoms with van der Waals surface area (Å²) in [5.41, 5.74) is -0.380. The first-order valence-electron chi connectivity index (χ1n) is 4.66. The molecule has 0 unspecified atom stereocenters. The Kier molecular flexibility index (Phi) is 4.68. The Hall–Kier alpha value is -1.16. The highest BCUT2D eigenvalue weighted by molar-refractivity contribution is 6.19.